The van der Waals surface area contributed by atoms with Crippen LogP contribution in [0.1, 0.15) is 5.56 Å². The van der Waals surface area contributed by atoms with Gasteiger partial charge in [-0.05, 0) is 40.2 Å². The number of hydrogen-bond donors (Lipinski definition) is 0. The Morgan fingerprint density at radius 2 is 2.00 bits per heavy atom. The summed E-state index contributed by atoms with van der Waals surface area (Å²) in [6.45, 7) is 0.174. The van der Waals surface area contributed by atoms with Crippen LogP contribution in [-0.4, -0.2) is 11.3 Å². The molecule has 1 heterocycles. The van der Waals surface area contributed by atoms with Crippen LogP contribution in [0.2, 0.25) is 5.02 Å². The summed E-state index contributed by atoms with van der Waals surface area (Å²) in [5.74, 6) is 0.0427. The largest absolute Gasteiger partial charge is 0.573 e. The van der Waals surface area contributed by atoms with Crippen LogP contribution in [0.15, 0.2) is 41.1 Å². The van der Waals surface area contributed by atoms with E-state index in [0.29, 0.717) is 10.8 Å². The van der Waals surface area contributed by atoms with Gasteiger partial charge >= 0.3 is 6.36 Å². The van der Waals surface area contributed by atoms with Crippen LogP contribution in [0.5, 0.6) is 11.5 Å². The van der Waals surface area contributed by atoms with Crippen molar-refractivity contribution >= 4 is 27.5 Å². The quantitative estimate of drug-likeness (QED) is 0.748. The topological polar surface area (TPSA) is 31.4 Å². The summed E-state index contributed by atoms with van der Waals surface area (Å²) in [6.07, 6.45) is -1.69. The summed E-state index contributed by atoms with van der Waals surface area (Å²) in [4.78, 5) is 3.84. The van der Waals surface area contributed by atoms with E-state index < -0.39 is 6.36 Å². The van der Waals surface area contributed by atoms with Gasteiger partial charge in [-0.3, -0.25) is 4.98 Å². The Bertz CT molecular complexity index is 637. The summed E-state index contributed by atoms with van der Waals surface area (Å²) >= 11 is 8.92. The molecule has 3 nitrogen and oxygen atoms in total. The van der Waals surface area contributed by atoms with E-state index in [1.807, 2.05) is 0 Å². The van der Waals surface area contributed by atoms with Crippen molar-refractivity contribution in [3.63, 3.8) is 0 Å². The van der Waals surface area contributed by atoms with Crippen molar-refractivity contribution in [2.24, 2.45) is 0 Å². The fourth-order valence-electron chi connectivity index (χ4n) is 1.46. The number of nitrogens with zero attached hydrogens (tertiary/aromatic N) is 1. The molecule has 0 amide bonds. The lowest BCUT2D eigenvalue weighted by Gasteiger charge is -2.12. The SMILES string of the molecule is FC(F)(F)Oc1ccc(OCc2ccncc2Cl)cc1Br. The first-order valence-corrected chi connectivity index (χ1v) is 6.79. The molecule has 0 saturated carbocycles. The van der Waals surface area contributed by atoms with Gasteiger partial charge in [0.25, 0.3) is 0 Å². The smallest absolute Gasteiger partial charge is 0.489 e. The Kier molecular flexibility index (Phi) is 4.95. The standard InChI is InChI=1S/C13H8BrClF3NO2/c14-10-5-9(1-2-12(10)21-13(16,17)18)20-7-8-3-4-19-6-11(8)15/h1-6H,7H2. The second-order valence-corrected chi connectivity index (χ2v) is 5.16. The molecule has 1 aromatic carbocycles. The first-order valence-electron chi connectivity index (χ1n) is 5.61. The number of pyridine rings is 1. The van der Waals surface area contributed by atoms with Crippen LogP contribution in [-0.2, 0) is 6.61 Å². The molecule has 1 aromatic heterocycles. The summed E-state index contributed by atoms with van der Waals surface area (Å²) < 4.78 is 45.9. The Morgan fingerprint density at radius 3 is 2.62 bits per heavy atom. The van der Waals surface area contributed by atoms with E-state index in [4.69, 9.17) is 16.3 Å². The minimum absolute atomic E-state index is 0.137. The molecule has 2 rings (SSSR count). The third kappa shape index (κ3) is 4.78. The molecule has 0 aliphatic carbocycles. The zero-order valence-electron chi connectivity index (χ0n) is 10.3. The lowest BCUT2D eigenvalue weighted by atomic mass is 10.3. The number of aromatic nitrogens is 1. The zero-order chi connectivity index (χ0) is 15.5. The minimum atomic E-state index is -4.74. The van der Waals surface area contributed by atoms with E-state index in [2.05, 4.69) is 25.7 Å². The second-order valence-electron chi connectivity index (χ2n) is 3.90. The van der Waals surface area contributed by atoms with Crippen molar-refractivity contribution in [2.75, 3.05) is 0 Å². The first kappa shape index (κ1) is 15.9. The van der Waals surface area contributed by atoms with Gasteiger partial charge in [-0.15, -0.1) is 13.2 Å². The third-order valence-electron chi connectivity index (χ3n) is 2.38. The average molecular weight is 383 g/mol. The number of halogens is 5. The second kappa shape index (κ2) is 6.53. The van der Waals surface area contributed by atoms with E-state index >= 15 is 0 Å². The summed E-state index contributed by atoms with van der Waals surface area (Å²) in [7, 11) is 0. The number of alkyl halides is 3. The monoisotopic (exact) mass is 381 g/mol. The van der Waals surface area contributed by atoms with Crippen molar-refractivity contribution in [1.82, 2.24) is 4.98 Å². The number of rotatable bonds is 4. The Labute approximate surface area is 131 Å². The lowest BCUT2D eigenvalue weighted by Crippen LogP contribution is -2.17. The minimum Gasteiger partial charge on any atom is -0.489 e. The van der Waals surface area contributed by atoms with Crippen molar-refractivity contribution < 1.29 is 22.6 Å². The summed E-state index contributed by atoms with van der Waals surface area (Å²) in [5, 5.41) is 0.452. The maximum absolute atomic E-state index is 12.1. The van der Waals surface area contributed by atoms with Gasteiger partial charge in [-0.2, -0.15) is 0 Å². The Hall–Kier alpha value is -1.47. The fourth-order valence-corrected chi connectivity index (χ4v) is 2.07. The molecule has 2 aromatic rings. The van der Waals surface area contributed by atoms with Gasteiger partial charge in [0.15, 0.2) is 0 Å². The van der Waals surface area contributed by atoms with Crippen LogP contribution in [0.4, 0.5) is 13.2 Å². The van der Waals surface area contributed by atoms with Gasteiger partial charge in [0.2, 0.25) is 0 Å². The van der Waals surface area contributed by atoms with E-state index in [-0.39, 0.29) is 16.8 Å². The van der Waals surface area contributed by atoms with E-state index in [9.17, 15) is 13.2 Å². The van der Waals surface area contributed by atoms with Crippen molar-refractivity contribution in [3.8, 4) is 11.5 Å². The fraction of sp³-hybridized carbons (Fsp3) is 0.154. The molecule has 0 bridgehead atoms. The van der Waals surface area contributed by atoms with Gasteiger partial charge in [-0.25, -0.2) is 0 Å². The predicted molar refractivity (Wildman–Crippen MR) is 74.4 cm³/mol. The Balaban J connectivity index is 2.05. The maximum atomic E-state index is 12.1. The van der Waals surface area contributed by atoms with Crippen LogP contribution in [0, 0.1) is 0 Å². The van der Waals surface area contributed by atoms with Crippen LogP contribution in [0.3, 0.4) is 0 Å². The molecule has 0 saturated heterocycles. The van der Waals surface area contributed by atoms with Gasteiger partial charge in [0.1, 0.15) is 18.1 Å². The van der Waals surface area contributed by atoms with Gasteiger partial charge in [0.05, 0.1) is 9.50 Å². The molecule has 0 unspecified atom stereocenters. The van der Waals surface area contributed by atoms with Gasteiger partial charge < -0.3 is 9.47 Å². The molecular formula is C13H8BrClF3NO2. The highest BCUT2D eigenvalue weighted by atomic mass is 79.9. The molecular weight excluding hydrogens is 374 g/mol. The molecule has 0 spiro atoms. The molecule has 0 radical (unpaired) electrons. The predicted octanol–water partition coefficient (Wildman–Crippen LogP) is 4.98. The number of ether oxygens (including phenoxy) is 2. The average Bonchev–Trinajstić information content (AvgIpc) is 2.39. The van der Waals surface area contributed by atoms with Gasteiger partial charge in [-0.1, -0.05) is 11.6 Å². The normalized spacial score (nSPS) is 11.3. The summed E-state index contributed by atoms with van der Waals surface area (Å²) in [6, 6.07) is 5.62. The molecule has 0 fully saturated rings. The van der Waals surface area contributed by atoms with Crippen molar-refractivity contribution in [2.45, 2.75) is 13.0 Å². The van der Waals surface area contributed by atoms with Crippen molar-refractivity contribution in [3.05, 3.63) is 51.7 Å². The number of hydrogen-bond acceptors (Lipinski definition) is 3. The molecule has 8 heteroatoms. The molecule has 0 aliphatic heterocycles. The van der Waals surface area contributed by atoms with Gasteiger partial charge in [0, 0.05) is 18.0 Å². The van der Waals surface area contributed by atoms with Crippen LogP contribution in [0.25, 0.3) is 0 Å². The molecule has 112 valence electrons. The van der Waals surface area contributed by atoms with Crippen LogP contribution >= 0.6 is 27.5 Å². The highest BCUT2D eigenvalue weighted by Gasteiger charge is 2.31. The highest BCUT2D eigenvalue weighted by Crippen LogP contribution is 2.33. The van der Waals surface area contributed by atoms with E-state index in [1.165, 1.54) is 24.4 Å². The first-order chi connectivity index (χ1) is 9.85. The molecule has 0 atom stereocenters. The Morgan fingerprint density at radius 1 is 1.24 bits per heavy atom. The van der Waals surface area contributed by atoms with Crippen molar-refractivity contribution in [1.29, 1.82) is 0 Å². The lowest BCUT2D eigenvalue weighted by molar-refractivity contribution is -0.274. The zero-order valence-corrected chi connectivity index (χ0v) is 12.7. The third-order valence-corrected chi connectivity index (χ3v) is 3.34. The molecule has 0 aliphatic rings. The number of benzene rings is 1. The molecule has 0 N–H and O–H groups in total. The molecule has 21 heavy (non-hydrogen) atoms. The van der Waals surface area contributed by atoms with Crippen LogP contribution < -0.4 is 9.47 Å². The van der Waals surface area contributed by atoms with E-state index in [1.54, 1.807) is 12.3 Å². The highest BCUT2D eigenvalue weighted by molar-refractivity contribution is 9.10. The van der Waals surface area contributed by atoms with E-state index in [0.717, 1.165) is 5.56 Å². The summed E-state index contributed by atoms with van der Waals surface area (Å²) in [5.41, 5.74) is 0.721. The maximum Gasteiger partial charge on any atom is 0.573 e.